The number of aliphatic hydroxyl groups is 23. The maximum absolute atomic E-state index is 15.6. The predicted octanol–water partition coefficient (Wildman–Crippen LogP) is -11.6. The number of fused-ring (bicyclic) bond motifs is 3. The van der Waals surface area contributed by atoms with Crippen molar-refractivity contribution in [3.05, 3.63) is 12.2 Å². The van der Waals surface area contributed by atoms with Crippen LogP contribution < -0.4 is 0 Å². The quantitative estimate of drug-likeness (QED) is 0.0288. The van der Waals surface area contributed by atoms with Gasteiger partial charge in [-0.15, -0.1) is 0 Å². The highest BCUT2D eigenvalue weighted by molar-refractivity contribution is 5.77. The van der Waals surface area contributed by atoms with Crippen molar-refractivity contribution in [2.45, 2.75) is 292 Å². The van der Waals surface area contributed by atoms with Crippen LogP contribution in [-0.2, 0) is 71.1 Å². The molecule has 23 N–H and O–H groups in total. The van der Waals surface area contributed by atoms with E-state index >= 15 is 4.79 Å². The Morgan fingerprint density at radius 3 is 1.14 bits per heavy atom. The number of hydrogen-bond acceptors (Lipinski definition) is 38. The van der Waals surface area contributed by atoms with Gasteiger partial charge >= 0.3 is 5.97 Å². The van der Waals surface area contributed by atoms with Gasteiger partial charge in [0, 0.05) is 0 Å². The third-order valence-electron chi connectivity index (χ3n) is 23.4. The second-order valence-electron chi connectivity index (χ2n) is 29.2. The molecule has 1 unspecified atom stereocenters. The molecular weight excluding hydrogens is 1350 g/mol. The summed E-state index contributed by atoms with van der Waals surface area (Å²) in [6.45, 7) is 1.78. The molecule has 7 saturated heterocycles. The molecule has 0 radical (unpaired) electrons. The van der Waals surface area contributed by atoms with E-state index in [4.69, 9.17) is 66.3 Å². The Kier molecular flexibility index (Phi) is 24.6. The lowest BCUT2D eigenvalue weighted by atomic mass is 9.41. The molecule has 0 aromatic carbocycles. The predicted molar refractivity (Wildman–Crippen MR) is 317 cm³/mol. The summed E-state index contributed by atoms with van der Waals surface area (Å²) in [4.78, 5) is 15.6. The van der Waals surface area contributed by atoms with Gasteiger partial charge in [-0.1, -0.05) is 19.9 Å². The van der Waals surface area contributed by atoms with Crippen LogP contribution in [0.1, 0.15) is 71.6 Å². The molecule has 4 aliphatic carbocycles. The van der Waals surface area contributed by atoms with Crippen LogP contribution in [0.25, 0.3) is 0 Å². The Balaban J connectivity index is 0.853. The lowest BCUT2D eigenvalue weighted by molar-refractivity contribution is -0.400. The van der Waals surface area contributed by atoms with Crippen molar-refractivity contribution in [1.82, 2.24) is 0 Å². The number of carbonyl (C=O) groups is 1. The van der Waals surface area contributed by atoms with Gasteiger partial charge in [-0.25, -0.2) is 0 Å². The number of ether oxygens (including phenoxy) is 14. The summed E-state index contributed by atoms with van der Waals surface area (Å²) in [5.74, 6) is -1.60. The highest BCUT2D eigenvalue weighted by atomic mass is 16.8. The largest absolute Gasteiger partial charge is 0.432 e. The van der Waals surface area contributed by atoms with Gasteiger partial charge < -0.3 is 184 Å². The maximum Gasteiger partial charge on any atom is 0.314 e. The first kappa shape index (κ1) is 78.8. The van der Waals surface area contributed by atoms with E-state index in [1.807, 2.05) is 0 Å². The van der Waals surface area contributed by atoms with E-state index in [9.17, 15) is 117 Å². The Hall–Kier alpha value is -2.23. The highest BCUT2D eigenvalue weighted by Gasteiger charge is 2.70. The van der Waals surface area contributed by atoms with Crippen molar-refractivity contribution in [2.75, 3.05) is 46.2 Å². The first-order valence-electron chi connectivity index (χ1n) is 33.9. The van der Waals surface area contributed by atoms with Crippen molar-refractivity contribution in [2.24, 2.45) is 28.1 Å². The van der Waals surface area contributed by atoms with Crippen LogP contribution in [0.3, 0.4) is 0 Å². The fraction of sp³-hybridized carbons (Fsp3) is 0.952. The first-order chi connectivity index (χ1) is 47.3. The van der Waals surface area contributed by atoms with Gasteiger partial charge in [0.15, 0.2) is 43.8 Å². The summed E-state index contributed by atoms with van der Waals surface area (Å²) in [7, 11) is 0. The summed E-state index contributed by atoms with van der Waals surface area (Å²) in [5.41, 5.74) is -3.47. The van der Waals surface area contributed by atoms with Gasteiger partial charge in [-0.05, 0) is 86.5 Å². The Morgan fingerprint density at radius 2 is 0.720 bits per heavy atom. The van der Waals surface area contributed by atoms with E-state index in [2.05, 4.69) is 13.5 Å². The van der Waals surface area contributed by atoms with E-state index in [0.717, 1.165) is 0 Å². The van der Waals surface area contributed by atoms with Crippen LogP contribution in [0.2, 0.25) is 0 Å². The molecule has 7 heterocycles. The van der Waals surface area contributed by atoms with Crippen LogP contribution in [0.5, 0.6) is 0 Å². The van der Waals surface area contributed by atoms with Gasteiger partial charge in [-0.3, -0.25) is 4.79 Å². The molecular formula is C62H100O38. The second-order valence-corrected chi connectivity index (χ2v) is 29.2. The summed E-state index contributed by atoms with van der Waals surface area (Å²) in [6, 6.07) is 0. The van der Waals surface area contributed by atoms with Gasteiger partial charge in [-0.2, -0.15) is 0 Å². The first-order valence-corrected chi connectivity index (χ1v) is 33.9. The standard InChI is InChI=1S/C62H100O38/c1-20-11-61-9-5-28-59(2,29(61)6-10-62(20,19-61)100-57-50(98-54-44(84)39(79)33(73)24(15-66)90-54)48(35(75)26(17-68)92-57)96-52-42(82)37(77)31(71)22(13-64)88-52)7-4-8-60(28,3)58(86)99-56-49(97-53-43(83)38(78)32(72)23(14-65)89-53)47(34(74)25(16-67)91-56)95-55-45(85)40(80)46(27(18-69)93-55)94-51-41(81)36(76)30(70)21(12-63)87-51/h21-57,63-85H,1,4-19H2,2-3H3/t21-,22-,23-,24-,25-,26-,27-,28+,29+,30-,31-,32-,33-,34-,35-,36+,37+,38+,39+,40-,41-,42-,43-,44-,45-,46-,47+,48+,49-,50-,51+,52+,53+,54+,55+,56+,57+,59-,60-,61?,62+/m1/s1. The summed E-state index contributed by atoms with van der Waals surface area (Å²) < 4.78 is 84.7. The number of hydrogen-bond donors (Lipinski definition) is 23. The average Bonchev–Trinajstić information content (AvgIpc) is 1.47. The van der Waals surface area contributed by atoms with E-state index in [-0.39, 0.29) is 25.2 Å². The monoisotopic (exact) mass is 1450 g/mol. The molecule has 38 nitrogen and oxygen atoms in total. The summed E-state index contributed by atoms with van der Waals surface area (Å²) in [5, 5.41) is 249. The molecule has 576 valence electrons. The van der Waals surface area contributed by atoms with E-state index in [1.54, 1.807) is 6.92 Å². The van der Waals surface area contributed by atoms with Crippen LogP contribution in [0, 0.1) is 28.1 Å². The van der Waals surface area contributed by atoms with Crippen molar-refractivity contribution in [1.29, 1.82) is 0 Å². The van der Waals surface area contributed by atoms with Crippen molar-refractivity contribution in [3.63, 3.8) is 0 Å². The van der Waals surface area contributed by atoms with Gasteiger partial charge in [0.1, 0.15) is 165 Å². The Labute approximate surface area is 571 Å². The van der Waals surface area contributed by atoms with Crippen molar-refractivity contribution >= 4 is 5.97 Å². The van der Waals surface area contributed by atoms with E-state index < -0.39 is 295 Å². The molecule has 41 atom stereocenters. The van der Waals surface area contributed by atoms with Crippen LogP contribution in [0.15, 0.2) is 12.2 Å². The zero-order chi connectivity index (χ0) is 72.7. The third-order valence-corrected chi connectivity index (χ3v) is 23.4. The normalized spacial score (nSPS) is 54.5. The second kappa shape index (κ2) is 31.2. The molecule has 100 heavy (non-hydrogen) atoms. The molecule has 11 aliphatic rings. The Morgan fingerprint density at radius 1 is 0.380 bits per heavy atom. The van der Waals surface area contributed by atoms with E-state index in [0.29, 0.717) is 44.1 Å². The van der Waals surface area contributed by atoms with Crippen LogP contribution in [-0.4, -0.2) is 390 Å². The average molecular weight is 1450 g/mol. The SMILES string of the molecule is C=C1CC23CC[C@H]4[C@@](C)(CCC[C@@]4(C)C(=O)O[C@@H]4O[C@H](CO)[C@@H](O)[C@H](O[C@@H]5O[C@H](CO)[C@@H](O[C@@H]6O[C@H](CO)[C@@H](O)[C@H](O)[C@H]6O)[C@H](O)[C@H]5O)[C@H]4O[C@@H]4O[C@H](CO)[C@@H](O)[C@H](O)[C@H]4O)[C@@H]2CC[C@]1(O[C@@H]1O[C@H](CO)[C@@H](O)[C@H](O[C@@H]2O[C@H](CO)[C@@H](O)[C@H](O)[C@H]2O)[C@H]1O[C@@H]1O[C@H](CO)[C@@H](O)[C@H](O)[C@H]1O)C3. The molecule has 0 aromatic heterocycles. The summed E-state index contributed by atoms with van der Waals surface area (Å²) in [6.07, 6.45) is -63.4. The van der Waals surface area contributed by atoms with Crippen LogP contribution >= 0.6 is 0 Å². The number of rotatable bonds is 21. The molecule has 1 spiro atoms. The fourth-order valence-electron chi connectivity index (χ4n) is 17.9. The minimum absolute atomic E-state index is 0.202. The lowest BCUT2D eigenvalue weighted by Gasteiger charge is -2.64. The molecule has 38 heteroatoms. The van der Waals surface area contributed by atoms with Crippen molar-refractivity contribution in [3.8, 4) is 0 Å². The van der Waals surface area contributed by atoms with Gasteiger partial charge in [0.2, 0.25) is 6.29 Å². The topological polar surface area (TPSA) is 612 Å². The zero-order valence-corrected chi connectivity index (χ0v) is 54.8. The molecule has 0 aromatic rings. The number of esters is 1. The maximum atomic E-state index is 15.6. The molecule has 11 rings (SSSR count). The van der Waals surface area contributed by atoms with Gasteiger partial charge in [0.25, 0.3) is 0 Å². The van der Waals surface area contributed by atoms with Crippen molar-refractivity contribution < 1.29 is 189 Å². The molecule has 0 amide bonds. The smallest absolute Gasteiger partial charge is 0.314 e. The number of aliphatic hydroxyl groups excluding tert-OH is 23. The highest BCUT2D eigenvalue weighted by Crippen LogP contribution is 2.74. The fourth-order valence-corrected chi connectivity index (χ4v) is 17.9. The third kappa shape index (κ3) is 14.0. The molecule has 4 saturated carbocycles. The molecule has 2 bridgehead atoms. The van der Waals surface area contributed by atoms with Crippen LogP contribution in [0.4, 0.5) is 0 Å². The minimum Gasteiger partial charge on any atom is -0.432 e. The Bertz CT molecular complexity index is 2720. The minimum atomic E-state index is -2.25. The van der Waals surface area contributed by atoms with E-state index in [1.165, 1.54) is 0 Å². The lowest BCUT2D eigenvalue weighted by Crippen LogP contribution is -2.68. The molecule has 11 fully saturated rings. The molecule has 7 aliphatic heterocycles. The van der Waals surface area contributed by atoms with Gasteiger partial charge in [0.05, 0.1) is 57.3 Å². The number of carbonyl (C=O) groups excluding carboxylic acids is 1. The summed E-state index contributed by atoms with van der Waals surface area (Å²) >= 11 is 0. The zero-order valence-electron chi connectivity index (χ0n) is 54.8.